The van der Waals surface area contributed by atoms with Gasteiger partial charge < -0.3 is 15.5 Å². The van der Waals surface area contributed by atoms with Gasteiger partial charge in [-0.25, -0.2) is 18.2 Å². The van der Waals surface area contributed by atoms with Gasteiger partial charge in [-0.15, -0.1) is 0 Å². The summed E-state index contributed by atoms with van der Waals surface area (Å²) in [4.78, 5) is 66.2. The summed E-state index contributed by atoms with van der Waals surface area (Å²) in [6.07, 6.45) is -0.231. The van der Waals surface area contributed by atoms with Gasteiger partial charge in [0.05, 0.1) is 12.5 Å². The molecule has 2 saturated heterocycles. The van der Waals surface area contributed by atoms with Crippen LogP contribution in [0.15, 0.2) is 0 Å². The molecule has 40 heavy (non-hydrogen) atoms. The predicted octanol–water partition coefficient (Wildman–Crippen LogP) is 1.57. The lowest BCUT2D eigenvalue weighted by Gasteiger charge is -2.38. The molecule has 5 amide bonds. The summed E-state index contributed by atoms with van der Waals surface area (Å²) in [5, 5.41) is 5.86. The van der Waals surface area contributed by atoms with Crippen molar-refractivity contribution in [3.05, 3.63) is 0 Å². The van der Waals surface area contributed by atoms with Crippen molar-refractivity contribution in [1.82, 2.24) is 26.0 Å². The van der Waals surface area contributed by atoms with Gasteiger partial charge in [0.25, 0.3) is 23.4 Å². The van der Waals surface area contributed by atoms with Crippen LogP contribution in [-0.4, -0.2) is 82.2 Å². The van der Waals surface area contributed by atoms with E-state index in [9.17, 15) is 37.1 Å². The number of carbonyl (C=O) groups excluding carboxylic acids is 5. The lowest BCUT2D eigenvalue weighted by molar-refractivity contribution is -0.151. The SMILES string of the molecule is C[C@@H]1C[C@H](CN(NC(=O)[C@@H]2[C@@H]3[C@H](CN2C(=O)[C@@H](NC(=O)C2CC2(F)F)C(C)(C)C)C3(C)C)C(=O)[C@@H](F)Cl)C(=O)N1. The Morgan fingerprint density at radius 1 is 1.20 bits per heavy atom. The van der Waals surface area contributed by atoms with Gasteiger partial charge in [-0.05, 0) is 36.0 Å². The standard InChI is InChI=1S/C26H37ClF3N5O5/c1-11-7-12(19(36)31-11)9-35(23(40)18(27)28)33-21(38)16-15-14(25(15,5)6)10-34(16)22(39)17(24(2,3)4)32-20(37)13-8-26(13,29)30/h11-18H,7-10H2,1-6H3,(H,31,36)(H,32,37)(H,33,38)/t11-,12-,13?,14+,15+,16+,17-,18-/m1/s1. The summed E-state index contributed by atoms with van der Waals surface area (Å²) in [6.45, 7) is 10.5. The summed E-state index contributed by atoms with van der Waals surface area (Å²) in [7, 11) is 0. The van der Waals surface area contributed by atoms with E-state index in [0.717, 1.165) is 0 Å². The molecule has 1 unspecified atom stereocenters. The molecule has 14 heteroatoms. The van der Waals surface area contributed by atoms with Crippen LogP contribution in [0.2, 0.25) is 0 Å². The van der Waals surface area contributed by atoms with Crippen molar-refractivity contribution in [2.45, 2.75) is 84.1 Å². The second kappa shape index (κ2) is 10.1. The zero-order valence-electron chi connectivity index (χ0n) is 23.4. The number of hydrazine groups is 1. The first-order valence-corrected chi connectivity index (χ1v) is 13.9. The Kier molecular flexibility index (Phi) is 7.64. The van der Waals surface area contributed by atoms with E-state index in [2.05, 4.69) is 16.1 Å². The summed E-state index contributed by atoms with van der Waals surface area (Å²) in [5.41, 5.74) is -1.28. The van der Waals surface area contributed by atoms with Crippen LogP contribution in [0.1, 0.15) is 54.4 Å². The lowest BCUT2D eigenvalue weighted by atomic mass is 9.85. The number of alkyl halides is 4. The Morgan fingerprint density at radius 2 is 1.80 bits per heavy atom. The fourth-order valence-corrected chi connectivity index (χ4v) is 6.33. The molecule has 4 rings (SSSR count). The number of likely N-dealkylation sites (tertiary alicyclic amines) is 1. The molecule has 0 aromatic heterocycles. The van der Waals surface area contributed by atoms with Gasteiger partial charge in [0.1, 0.15) is 18.0 Å². The number of amides is 5. The number of rotatable bonds is 7. The van der Waals surface area contributed by atoms with Crippen LogP contribution < -0.4 is 16.1 Å². The molecule has 0 bridgehead atoms. The Labute approximate surface area is 236 Å². The highest BCUT2D eigenvalue weighted by Crippen LogP contribution is 2.65. The van der Waals surface area contributed by atoms with Gasteiger partial charge in [0.15, 0.2) is 0 Å². The predicted molar refractivity (Wildman–Crippen MR) is 137 cm³/mol. The normalized spacial score (nSPS) is 32.9. The number of hydrogen-bond acceptors (Lipinski definition) is 5. The third-order valence-electron chi connectivity index (χ3n) is 8.80. The van der Waals surface area contributed by atoms with Gasteiger partial charge in [-0.1, -0.05) is 46.2 Å². The van der Waals surface area contributed by atoms with Crippen molar-refractivity contribution in [1.29, 1.82) is 0 Å². The zero-order chi connectivity index (χ0) is 30.1. The number of carbonyl (C=O) groups is 5. The van der Waals surface area contributed by atoms with Crippen LogP contribution in [0.3, 0.4) is 0 Å². The maximum absolute atomic E-state index is 13.9. The molecule has 2 saturated carbocycles. The quantitative estimate of drug-likeness (QED) is 0.306. The van der Waals surface area contributed by atoms with Gasteiger partial charge in [-0.2, -0.15) is 0 Å². The van der Waals surface area contributed by atoms with Crippen molar-refractivity contribution in [2.24, 2.45) is 34.5 Å². The smallest absolute Gasteiger partial charge is 0.291 e. The molecule has 4 aliphatic rings. The van der Waals surface area contributed by atoms with Crippen molar-refractivity contribution in [3.63, 3.8) is 0 Å². The summed E-state index contributed by atoms with van der Waals surface area (Å²) < 4.78 is 41.0. The molecule has 2 heterocycles. The van der Waals surface area contributed by atoms with Gasteiger partial charge in [0, 0.05) is 19.0 Å². The minimum Gasteiger partial charge on any atom is -0.353 e. The summed E-state index contributed by atoms with van der Waals surface area (Å²) in [5.74, 6) is -9.61. The number of nitrogens with one attached hydrogen (secondary N) is 3. The molecular weight excluding hydrogens is 555 g/mol. The van der Waals surface area contributed by atoms with E-state index in [0.29, 0.717) is 11.4 Å². The Morgan fingerprint density at radius 3 is 2.27 bits per heavy atom. The van der Waals surface area contributed by atoms with Gasteiger partial charge in [0.2, 0.25) is 17.7 Å². The second-order valence-corrected chi connectivity index (χ2v) is 13.7. The summed E-state index contributed by atoms with van der Waals surface area (Å²) in [6, 6.07) is -2.46. The van der Waals surface area contributed by atoms with Gasteiger partial charge in [-0.3, -0.25) is 29.4 Å². The van der Waals surface area contributed by atoms with Crippen molar-refractivity contribution in [2.75, 3.05) is 13.1 Å². The van der Waals surface area contributed by atoms with Crippen molar-refractivity contribution < 1.29 is 37.1 Å². The second-order valence-electron chi connectivity index (χ2n) is 13.3. The van der Waals surface area contributed by atoms with Crippen LogP contribution in [0.5, 0.6) is 0 Å². The molecule has 0 spiro atoms. The Balaban J connectivity index is 1.56. The highest BCUT2D eigenvalue weighted by atomic mass is 35.5. The first-order valence-electron chi connectivity index (χ1n) is 13.5. The first kappa shape index (κ1) is 30.4. The number of hydrogen-bond donors (Lipinski definition) is 3. The minimum atomic E-state index is -3.11. The number of halogens is 4. The van der Waals surface area contributed by atoms with Crippen molar-refractivity contribution in [3.8, 4) is 0 Å². The van der Waals surface area contributed by atoms with Crippen LogP contribution in [-0.2, 0) is 24.0 Å². The molecule has 0 radical (unpaired) electrons. The Hall–Kier alpha value is -2.57. The highest BCUT2D eigenvalue weighted by molar-refractivity contribution is 6.29. The minimum absolute atomic E-state index is 0.0659. The van der Waals surface area contributed by atoms with E-state index in [4.69, 9.17) is 11.6 Å². The van der Waals surface area contributed by atoms with E-state index >= 15 is 0 Å². The average molecular weight is 592 g/mol. The largest absolute Gasteiger partial charge is 0.353 e. The molecular formula is C26H37ClF3N5O5. The monoisotopic (exact) mass is 591 g/mol. The average Bonchev–Trinajstić information content (AvgIpc) is 3.42. The zero-order valence-corrected chi connectivity index (χ0v) is 24.2. The van der Waals surface area contributed by atoms with E-state index in [1.54, 1.807) is 27.7 Å². The van der Waals surface area contributed by atoms with Crippen LogP contribution in [0, 0.1) is 34.5 Å². The molecule has 10 nitrogen and oxygen atoms in total. The molecule has 0 aromatic carbocycles. The Bertz CT molecular complexity index is 1110. The van der Waals surface area contributed by atoms with Crippen LogP contribution in [0.25, 0.3) is 0 Å². The molecule has 4 fully saturated rings. The fraction of sp³-hybridized carbons (Fsp3) is 0.808. The third-order valence-corrected chi connectivity index (χ3v) is 8.99. The fourth-order valence-electron chi connectivity index (χ4n) is 6.21. The van der Waals surface area contributed by atoms with E-state index < -0.39 is 70.9 Å². The molecule has 3 N–H and O–H groups in total. The maximum Gasteiger partial charge on any atom is 0.291 e. The van der Waals surface area contributed by atoms with E-state index in [-0.39, 0.29) is 42.3 Å². The maximum atomic E-state index is 13.9. The molecule has 224 valence electrons. The van der Waals surface area contributed by atoms with E-state index in [1.165, 1.54) is 4.90 Å². The number of nitrogens with zero attached hydrogens (tertiary/aromatic N) is 2. The summed E-state index contributed by atoms with van der Waals surface area (Å²) >= 11 is 5.40. The van der Waals surface area contributed by atoms with Gasteiger partial charge >= 0.3 is 0 Å². The van der Waals surface area contributed by atoms with E-state index in [1.807, 2.05) is 13.8 Å². The molecule has 8 atom stereocenters. The molecule has 2 aliphatic carbocycles. The first-order chi connectivity index (χ1) is 18.3. The molecule has 0 aromatic rings. The highest BCUT2D eigenvalue weighted by Gasteiger charge is 2.70. The van der Waals surface area contributed by atoms with Crippen LogP contribution >= 0.6 is 11.6 Å². The lowest BCUT2D eigenvalue weighted by Crippen LogP contribution is -2.61. The van der Waals surface area contributed by atoms with Crippen LogP contribution in [0.4, 0.5) is 13.2 Å². The number of fused-ring (bicyclic) bond motifs is 1. The third kappa shape index (κ3) is 5.62. The molecule has 2 aliphatic heterocycles. The topological polar surface area (TPSA) is 128 Å². The van der Waals surface area contributed by atoms with Crippen molar-refractivity contribution >= 4 is 41.1 Å². The number of piperidine rings is 1.